The highest BCUT2D eigenvalue weighted by atomic mass is 16.5. The SMILES string of the molecule is C=C(COc1ccccc1)C1=CCB(O)OC1CC/C(=C/c1ccccc1O)CCC. The first-order chi connectivity index (χ1) is 15.1. The predicted octanol–water partition coefficient (Wildman–Crippen LogP) is 5.80. The average Bonchev–Trinajstić information content (AvgIpc) is 2.78. The van der Waals surface area contributed by atoms with E-state index < -0.39 is 7.12 Å². The van der Waals surface area contributed by atoms with E-state index in [1.54, 1.807) is 6.07 Å². The average molecular weight is 418 g/mol. The fourth-order valence-corrected chi connectivity index (χ4v) is 3.78. The number of rotatable bonds is 10. The van der Waals surface area contributed by atoms with Gasteiger partial charge in [-0.15, -0.1) is 0 Å². The zero-order chi connectivity index (χ0) is 22.1. The summed E-state index contributed by atoms with van der Waals surface area (Å²) in [6.07, 6.45) is 7.80. The summed E-state index contributed by atoms with van der Waals surface area (Å²) in [4.78, 5) is 0. The van der Waals surface area contributed by atoms with Crippen LogP contribution in [0.3, 0.4) is 0 Å². The summed E-state index contributed by atoms with van der Waals surface area (Å²) in [6, 6.07) is 17.0. The summed E-state index contributed by atoms with van der Waals surface area (Å²) in [7, 11) is -0.798. The lowest BCUT2D eigenvalue weighted by molar-refractivity contribution is 0.181. The molecule has 2 N–H and O–H groups in total. The van der Waals surface area contributed by atoms with Crippen LogP contribution in [-0.2, 0) is 4.65 Å². The Kier molecular flexibility index (Phi) is 8.57. The van der Waals surface area contributed by atoms with Crippen LogP contribution in [0.1, 0.15) is 38.2 Å². The van der Waals surface area contributed by atoms with Crippen molar-refractivity contribution < 1.29 is 19.5 Å². The zero-order valence-corrected chi connectivity index (χ0v) is 18.2. The van der Waals surface area contributed by atoms with Crippen LogP contribution in [-0.4, -0.2) is 30.0 Å². The summed E-state index contributed by atoms with van der Waals surface area (Å²) in [5.41, 5.74) is 3.94. The van der Waals surface area contributed by atoms with Crippen LogP contribution in [0.5, 0.6) is 11.5 Å². The fraction of sp³-hybridized carbons (Fsp3) is 0.308. The molecule has 1 aliphatic heterocycles. The standard InChI is InChI=1S/C26H31BO4/c1-3-9-21(18-22-10-7-8-13-25(22)28)14-15-26-24(16-17-27(29)31-26)20(2)19-30-23-11-5-4-6-12-23/h4-8,10-13,16,18,26,28-29H,2-3,9,14-15,17,19H2,1H3/b21-18+. The van der Waals surface area contributed by atoms with Gasteiger partial charge in [0, 0.05) is 11.9 Å². The van der Waals surface area contributed by atoms with Crippen LogP contribution in [0.25, 0.3) is 6.08 Å². The fourth-order valence-electron chi connectivity index (χ4n) is 3.78. The molecule has 0 amide bonds. The molecule has 0 saturated heterocycles. The quantitative estimate of drug-likeness (QED) is 0.479. The van der Waals surface area contributed by atoms with Crippen molar-refractivity contribution in [3.05, 3.63) is 89.5 Å². The number of aromatic hydroxyl groups is 1. The lowest BCUT2D eigenvalue weighted by atomic mass is 9.78. The Morgan fingerprint density at radius 2 is 1.90 bits per heavy atom. The number of benzene rings is 2. The number of para-hydroxylation sites is 2. The maximum atomic E-state index is 10.1. The number of phenols is 1. The number of hydrogen-bond donors (Lipinski definition) is 2. The predicted molar refractivity (Wildman–Crippen MR) is 127 cm³/mol. The molecule has 0 fully saturated rings. The highest BCUT2D eigenvalue weighted by Crippen LogP contribution is 2.30. The summed E-state index contributed by atoms with van der Waals surface area (Å²) in [5.74, 6) is 1.08. The molecule has 1 aliphatic rings. The largest absolute Gasteiger partial charge is 0.507 e. The first kappa shape index (κ1) is 22.9. The van der Waals surface area contributed by atoms with Gasteiger partial charge in [-0.05, 0) is 48.6 Å². The minimum absolute atomic E-state index is 0.236. The van der Waals surface area contributed by atoms with Crippen molar-refractivity contribution >= 4 is 13.2 Å². The minimum atomic E-state index is -0.798. The van der Waals surface area contributed by atoms with E-state index in [2.05, 4.69) is 19.6 Å². The van der Waals surface area contributed by atoms with Gasteiger partial charge in [0.1, 0.15) is 18.1 Å². The summed E-state index contributed by atoms with van der Waals surface area (Å²) in [6.45, 7) is 6.73. The topological polar surface area (TPSA) is 58.9 Å². The van der Waals surface area contributed by atoms with E-state index in [9.17, 15) is 10.1 Å². The third-order valence-corrected chi connectivity index (χ3v) is 5.37. The van der Waals surface area contributed by atoms with E-state index in [4.69, 9.17) is 9.39 Å². The van der Waals surface area contributed by atoms with Crippen molar-refractivity contribution in [2.45, 2.75) is 45.0 Å². The summed E-state index contributed by atoms with van der Waals surface area (Å²) >= 11 is 0. The van der Waals surface area contributed by atoms with Crippen LogP contribution >= 0.6 is 0 Å². The van der Waals surface area contributed by atoms with Gasteiger partial charge in [-0.1, -0.05) is 74.0 Å². The van der Waals surface area contributed by atoms with Crippen LogP contribution in [0.4, 0.5) is 0 Å². The molecular weight excluding hydrogens is 387 g/mol. The maximum Gasteiger partial charge on any atom is 0.458 e. The molecule has 3 rings (SSSR count). The van der Waals surface area contributed by atoms with Crippen LogP contribution in [0.2, 0.25) is 6.32 Å². The van der Waals surface area contributed by atoms with Crippen LogP contribution < -0.4 is 4.74 Å². The molecule has 0 aliphatic carbocycles. The highest BCUT2D eigenvalue weighted by molar-refractivity contribution is 6.43. The van der Waals surface area contributed by atoms with Gasteiger partial charge in [0.05, 0.1) is 6.10 Å². The molecule has 0 bridgehead atoms. The molecule has 2 aromatic carbocycles. The first-order valence-corrected chi connectivity index (χ1v) is 10.9. The van der Waals surface area contributed by atoms with Gasteiger partial charge >= 0.3 is 7.12 Å². The van der Waals surface area contributed by atoms with Gasteiger partial charge in [-0.25, -0.2) is 0 Å². The van der Waals surface area contributed by atoms with Crippen molar-refractivity contribution in [1.29, 1.82) is 0 Å². The van der Waals surface area contributed by atoms with E-state index in [-0.39, 0.29) is 11.9 Å². The van der Waals surface area contributed by atoms with E-state index in [0.717, 1.165) is 48.1 Å². The molecule has 5 heteroatoms. The Hall–Kier alpha value is -2.76. The Morgan fingerprint density at radius 3 is 2.65 bits per heavy atom. The van der Waals surface area contributed by atoms with Crippen molar-refractivity contribution in [2.75, 3.05) is 6.61 Å². The van der Waals surface area contributed by atoms with Gasteiger partial charge in [-0.2, -0.15) is 0 Å². The van der Waals surface area contributed by atoms with Gasteiger partial charge in [-0.3, -0.25) is 0 Å². The zero-order valence-electron chi connectivity index (χ0n) is 18.2. The Bertz CT molecular complexity index is 920. The highest BCUT2D eigenvalue weighted by Gasteiger charge is 2.28. The van der Waals surface area contributed by atoms with E-state index >= 15 is 0 Å². The third kappa shape index (κ3) is 6.88. The second-order valence-electron chi connectivity index (χ2n) is 7.83. The van der Waals surface area contributed by atoms with Gasteiger partial charge in [0.25, 0.3) is 0 Å². The summed E-state index contributed by atoms with van der Waals surface area (Å²) in [5, 5.41) is 20.2. The molecular formula is C26H31BO4. The molecule has 162 valence electrons. The van der Waals surface area contributed by atoms with Gasteiger partial charge in [0.2, 0.25) is 0 Å². The number of phenolic OH excluding ortho intramolecular Hbond substituents is 1. The lowest BCUT2D eigenvalue weighted by Gasteiger charge is -2.28. The number of ether oxygens (including phenoxy) is 1. The molecule has 0 saturated carbocycles. The van der Waals surface area contributed by atoms with Crippen LogP contribution in [0.15, 0.2) is 84.0 Å². The molecule has 1 atom stereocenters. The van der Waals surface area contributed by atoms with Crippen molar-refractivity contribution in [1.82, 2.24) is 0 Å². The first-order valence-electron chi connectivity index (χ1n) is 10.9. The second kappa shape index (κ2) is 11.6. The third-order valence-electron chi connectivity index (χ3n) is 5.37. The Balaban J connectivity index is 1.66. The Morgan fingerprint density at radius 1 is 1.16 bits per heavy atom. The molecule has 0 spiro atoms. The minimum Gasteiger partial charge on any atom is -0.507 e. The number of hydrogen-bond acceptors (Lipinski definition) is 4. The number of allylic oxidation sites excluding steroid dienone is 2. The molecule has 0 radical (unpaired) electrons. The van der Waals surface area contributed by atoms with Gasteiger partial charge in [0.15, 0.2) is 0 Å². The maximum absolute atomic E-state index is 10.1. The Labute approximate surface area is 185 Å². The van der Waals surface area contributed by atoms with E-state index in [1.165, 1.54) is 5.57 Å². The molecule has 0 aromatic heterocycles. The normalized spacial score (nSPS) is 16.7. The van der Waals surface area contributed by atoms with Crippen LogP contribution in [0, 0.1) is 0 Å². The molecule has 31 heavy (non-hydrogen) atoms. The monoisotopic (exact) mass is 418 g/mol. The van der Waals surface area contributed by atoms with Crippen molar-refractivity contribution in [3.63, 3.8) is 0 Å². The second-order valence-corrected chi connectivity index (χ2v) is 7.83. The van der Waals surface area contributed by atoms with Crippen molar-refractivity contribution in [3.8, 4) is 11.5 Å². The van der Waals surface area contributed by atoms with E-state index in [0.29, 0.717) is 12.9 Å². The molecule has 4 nitrogen and oxygen atoms in total. The molecule has 1 unspecified atom stereocenters. The lowest BCUT2D eigenvalue weighted by Crippen LogP contribution is -2.32. The van der Waals surface area contributed by atoms with Crippen molar-refractivity contribution in [2.24, 2.45) is 0 Å². The molecule has 2 aromatic rings. The van der Waals surface area contributed by atoms with Gasteiger partial charge < -0.3 is 19.5 Å². The van der Waals surface area contributed by atoms with E-state index in [1.807, 2.05) is 54.6 Å². The summed E-state index contributed by atoms with van der Waals surface area (Å²) < 4.78 is 11.7. The molecule has 1 heterocycles. The smallest absolute Gasteiger partial charge is 0.458 e.